The van der Waals surface area contributed by atoms with Crippen molar-refractivity contribution in [2.45, 2.75) is 63.8 Å². The van der Waals surface area contributed by atoms with Gasteiger partial charge in [-0.05, 0) is 31.0 Å². The molecule has 0 saturated carbocycles. The van der Waals surface area contributed by atoms with Crippen LogP contribution >= 0.6 is 0 Å². The third-order valence-corrected chi connectivity index (χ3v) is 8.01. The van der Waals surface area contributed by atoms with Crippen LogP contribution in [0.3, 0.4) is 0 Å². The van der Waals surface area contributed by atoms with Crippen LogP contribution in [0.2, 0.25) is 0 Å². The Morgan fingerprint density at radius 3 is 2.15 bits per heavy atom. The lowest BCUT2D eigenvalue weighted by Gasteiger charge is -2.25. The SMILES string of the molecule is CCCC1(CCC)NC(=O)N(CC(=O)Nc2cc(S(=O)(=O)N(CC)CC)ccc2N(C)C)C1=O. The zero-order chi connectivity index (χ0) is 25.7. The van der Waals surface area contributed by atoms with E-state index in [1.54, 1.807) is 38.9 Å². The zero-order valence-corrected chi connectivity index (χ0v) is 21.8. The molecule has 2 rings (SSSR count). The van der Waals surface area contributed by atoms with Crippen LogP contribution in [0.5, 0.6) is 0 Å². The zero-order valence-electron chi connectivity index (χ0n) is 21.0. The Hall–Kier alpha value is -2.66. The first kappa shape index (κ1) is 27.6. The minimum Gasteiger partial charge on any atom is -0.376 e. The van der Waals surface area contributed by atoms with Gasteiger partial charge in [-0.3, -0.25) is 14.5 Å². The van der Waals surface area contributed by atoms with Gasteiger partial charge in [-0.2, -0.15) is 4.31 Å². The Morgan fingerprint density at radius 1 is 1.06 bits per heavy atom. The van der Waals surface area contributed by atoms with E-state index in [1.165, 1.54) is 16.4 Å². The monoisotopic (exact) mass is 495 g/mol. The molecule has 0 radical (unpaired) electrons. The van der Waals surface area contributed by atoms with Crippen molar-refractivity contribution in [1.82, 2.24) is 14.5 Å². The van der Waals surface area contributed by atoms with Crippen LogP contribution in [0.25, 0.3) is 0 Å². The van der Waals surface area contributed by atoms with Gasteiger partial charge in [0.15, 0.2) is 0 Å². The van der Waals surface area contributed by atoms with E-state index in [0.29, 0.717) is 44.5 Å². The Bertz CT molecular complexity index is 1010. The highest BCUT2D eigenvalue weighted by Gasteiger charge is 2.50. The van der Waals surface area contributed by atoms with Gasteiger partial charge in [0.05, 0.1) is 16.3 Å². The van der Waals surface area contributed by atoms with Crippen molar-refractivity contribution >= 4 is 39.2 Å². The average molecular weight is 496 g/mol. The summed E-state index contributed by atoms with van der Waals surface area (Å²) in [6, 6.07) is 3.94. The molecular weight excluding hydrogens is 458 g/mol. The Morgan fingerprint density at radius 2 is 1.65 bits per heavy atom. The second-order valence-corrected chi connectivity index (χ2v) is 10.6. The summed E-state index contributed by atoms with van der Waals surface area (Å²) >= 11 is 0. The number of nitrogens with one attached hydrogen (secondary N) is 2. The number of imide groups is 1. The first-order valence-electron chi connectivity index (χ1n) is 11.7. The third kappa shape index (κ3) is 5.52. The average Bonchev–Trinajstić information content (AvgIpc) is 2.98. The van der Waals surface area contributed by atoms with E-state index < -0.39 is 40.0 Å². The molecule has 190 valence electrons. The molecule has 2 N–H and O–H groups in total. The highest BCUT2D eigenvalue weighted by atomic mass is 32.2. The Balaban J connectivity index is 2.31. The number of rotatable bonds is 12. The van der Waals surface area contributed by atoms with Crippen molar-refractivity contribution in [3.63, 3.8) is 0 Å². The molecule has 1 saturated heterocycles. The molecule has 1 fully saturated rings. The number of nitrogens with zero attached hydrogens (tertiary/aromatic N) is 3. The fraction of sp³-hybridized carbons (Fsp3) is 0.609. The van der Waals surface area contributed by atoms with Crippen molar-refractivity contribution in [3.8, 4) is 0 Å². The van der Waals surface area contributed by atoms with Gasteiger partial charge in [-0.25, -0.2) is 13.2 Å². The number of benzene rings is 1. The summed E-state index contributed by atoms with van der Waals surface area (Å²) in [6.45, 7) is 7.57. The van der Waals surface area contributed by atoms with E-state index >= 15 is 0 Å². The van der Waals surface area contributed by atoms with Crippen LogP contribution in [-0.2, 0) is 19.6 Å². The van der Waals surface area contributed by atoms with Crippen molar-refractivity contribution in [2.75, 3.05) is 43.9 Å². The maximum atomic E-state index is 13.1. The normalized spacial score (nSPS) is 15.6. The van der Waals surface area contributed by atoms with Crippen LogP contribution in [-0.4, -0.2) is 74.7 Å². The predicted molar refractivity (Wildman–Crippen MR) is 132 cm³/mol. The highest BCUT2D eigenvalue weighted by Crippen LogP contribution is 2.30. The summed E-state index contributed by atoms with van der Waals surface area (Å²) in [6.07, 6.45) is 2.43. The summed E-state index contributed by atoms with van der Waals surface area (Å²) in [4.78, 5) is 41.3. The standard InChI is InChI=1S/C23H37N5O5S/c1-7-13-23(14-8-2)21(30)28(22(31)25-23)16-20(29)24-18-15-17(11-12-19(18)26(5)6)34(32,33)27(9-3)10-4/h11-12,15H,7-10,13-14,16H2,1-6H3,(H,24,29)(H,25,31). The lowest BCUT2D eigenvalue weighted by Crippen LogP contribution is -2.47. The van der Waals surface area contributed by atoms with Gasteiger partial charge in [0.1, 0.15) is 12.1 Å². The van der Waals surface area contributed by atoms with Gasteiger partial charge in [0.2, 0.25) is 15.9 Å². The van der Waals surface area contributed by atoms with Crippen molar-refractivity contribution in [3.05, 3.63) is 18.2 Å². The van der Waals surface area contributed by atoms with E-state index in [9.17, 15) is 22.8 Å². The maximum absolute atomic E-state index is 13.1. The summed E-state index contributed by atoms with van der Waals surface area (Å²) in [5, 5.41) is 5.49. The lowest BCUT2D eigenvalue weighted by atomic mass is 9.88. The van der Waals surface area contributed by atoms with E-state index in [-0.39, 0.29) is 10.6 Å². The van der Waals surface area contributed by atoms with Gasteiger partial charge in [-0.15, -0.1) is 0 Å². The molecule has 1 aliphatic heterocycles. The van der Waals surface area contributed by atoms with Crippen molar-refractivity contribution in [1.29, 1.82) is 0 Å². The Kier molecular flexibility index (Phi) is 9.07. The van der Waals surface area contributed by atoms with Gasteiger partial charge >= 0.3 is 6.03 Å². The smallest absolute Gasteiger partial charge is 0.325 e. The number of hydrogen-bond acceptors (Lipinski definition) is 6. The van der Waals surface area contributed by atoms with Gasteiger partial charge in [-0.1, -0.05) is 40.5 Å². The topological polar surface area (TPSA) is 119 Å². The third-order valence-electron chi connectivity index (χ3n) is 5.97. The molecule has 1 aromatic rings. The lowest BCUT2D eigenvalue weighted by molar-refractivity contribution is -0.134. The molecule has 10 nitrogen and oxygen atoms in total. The largest absolute Gasteiger partial charge is 0.376 e. The van der Waals surface area contributed by atoms with Gasteiger partial charge in [0, 0.05) is 27.2 Å². The maximum Gasteiger partial charge on any atom is 0.325 e. The van der Waals surface area contributed by atoms with Crippen LogP contribution in [0, 0.1) is 0 Å². The van der Waals surface area contributed by atoms with Crippen LogP contribution in [0.1, 0.15) is 53.4 Å². The summed E-state index contributed by atoms with van der Waals surface area (Å²) < 4.78 is 27.3. The molecule has 0 aromatic heterocycles. The molecule has 1 aromatic carbocycles. The molecule has 0 unspecified atom stereocenters. The quantitative estimate of drug-likeness (QED) is 0.430. The molecule has 1 heterocycles. The number of urea groups is 1. The summed E-state index contributed by atoms with van der Waals surface area (Å²) in [5.41, 5.74) is -0.105. The summed E-state index contributed by atoms with van der Waals surface area (Å²) in [7, 11) is -0.198. The van der Waals surface area contributed by atoms with Crippen LogP contribution < -0.4 is 15.5 Å². The molecule has 11 heteroatoms. The van der Waals surface area contributed by atoms with E-state index in [2.05, 4.69) is 10.6 Å². The molecule has 0 spiro atoms. The summed E-state index contributed by atoms with van der Waals surface area (Å²) in [5.74, 6) is -0.991. The van der Waals surface area contributed by atoms with Gasteiger partial charge < -0.3 is 15.5 Å². The van der Waals surface area contributed by atoms with Crippen molar-refractivity contribution in [2.24, 2.45) is 0 Å². The number of hydrogen-bond donors (Lipinski definition) is 2. The molecule has 0 atom stereocenters. The second kappa shape index (κ2) is 11.2. The molecule has 0 aliphatic carbocycles. The van der Waals surface area contributed by atoms with Crippen LogP contribution in [0.4, 0.5) is 16.2 Å². The minimum atomic E-state index is -3.74. The number of amides is 4. The number of carbonyl (C=O) groups is 3. The fourth-order valence-electron chi connectivity index (χ4n) is 4.35. The first-order valence-corrected chi connectivity index (χ1v) is 13.2. The van der Waals surface area contributed by atoms with E-state index in [0.717, 1.165) is 4.90 Å². The fourth-order valence-corrected chi connectivity index (χ4v) is 5.83. The molecule has 1 aliphatic rings. The van der Waals surface area contributed by atoms with E-state index in [1.807, 2.05) is 13.8 Å². The molecule has 0 bridgehead atoms. The Labute approximate surface area is 202 Å². The molecule has 4 amide bonds. The van der Waals surface area contributed by atoms with E-state index in [4.69, 9.17) is 0 Å². The minimum absolute atomic E-state index is 0.0528. The number of carbonyl (C=O) groups excluding carboxylic acids is 3. The molecule has 34 heavy (non-hydrogen) atoms. The number of anilines is 2. The second-order valence-electron chi connectivity index (χ2n) is 8.61. The highest BCUT2D eigenvalue weighted by molar-refractivity contribution is 7.89. The van der Waals surface area contributed by atoms with Crippen LogP contribution in [0.15, 0.2) is 23.1 Å². The van der Waals surface area contributed by atoms with Gasteiger partial charge in [0.25, 0.3) is 5.91 Å². The predicted octanol–water partition coefficient (Wildman–Crippen LogP) is 2.61. The van der Waals surface area contributed by atoms with Crippen molar-refractivity contribution < 1.29 is 22.8 Å². The number of sulfonamides is 1. The first-order chi connectivity index (χ1) is 16.0. The molecular formula is C23H37N5O5S.